The van der Waals surface area contributed by atoms with E-state index in [1.54, 1.807) is 7.11 Å². The van der Waals surface area contributed by atoms with Crippen LogP contribution in [0.4, 0.5) is 5.69 Å². The van der Waals surface area contributed by atoms with Crippen LogP contribution >= 0.6 is 0 Å². The zero-order valence-electron chi connectivity index (χ0n) is 10.2. The summed E-state index contributed by atoms with van der Waals surface area (Å²) in [5.74, 6) is 1.37. The highest BCUT2D eigenvalue weighted by atomic mass is 16.5. The lowest BCUT2D eigenvalue weighted by Crippen LogP contribution is -1.91. The lowest BCUT2D eigenvalue weighted by molar-refractivity contribution is 0.422. The summed E-state index contributed by atoms with van der Waals surface area (Å²) in [6.07, 6.45) is 0. The summed E-state index contributed by atoms with van der Waals surface area (Å²) in [5.41, 5.74) is 9.14. The van der Waals surface area contributed by atoms with Gasteiger partial charge in [0, 0.05) is 17.0 Å². The van der Waals surface area contributed by atoms with Gasteiger partial charge in [0.25, 0.3) is 0 Å². The van der Waals surface area contributed by atoms with E-state index in [0.29, 0.717) is 17.2 Å². The molecule has 5 heteroatoms. The maximum Gasteiger partial charge on any atom is 0.183 e. The highest BCUT2D eigenvalue weighted by Gasteiger charge is 2.12. The van der Waals surface area contributed by atoms with Gasteiger partial charge in [-0.3, -0.25) is 0 Å². The molecule has 0 atom stereocenters. The molecule has 0 saturated carbocycles. The van der Waals surface area contributed by atoms with E-state index in [1.807, 2.05) is 31.2 Å². The Morgan fingerprint density at radius 2 is 2.17 bits per heavy atom. The summed E-state index contributed by atoms with van der Waals surface area (Å²) in [4.78, 5) is 3.26. The third kappa shape index (κ3) is 1.52. The van der Waals surface area contributed by atoms with E-state index in [4.69, 9.17) is 15.0 Å². The summed E-state index contributed by atoms with van der Waals surface area (Å²) in [6, 6.07) is 7.55. The van der Waals surface area contributed by atoms with Crippen molar-refractivity contribution >= 4 is 16.6 Å². The number of nitrogens with one attached hydrogen (secondary N) is 1. The average Bonchev–Trinajstić information content (AvgIpc) is 2.94. The van der Waals surface area contributed by atoms with Gasteiger partial charge in [-0.2, -0.15) is 0 Å². The van der Waals surface area contributed by atoms with E-state index in [-0.39, 0.29) is 0 Å². The highest BCUT2D eigenvalue weighted by molar-refractivity contribution is 5.94. The maximum absolute atomic E-state index is 5.87. The lowest BCUT2D eigenvalue weighted by atomic mass is 10.2. The molecule has 0 aliphatic carbocycles. The largest absolute Gasteiger partial charge is 0.494 e. The number of nitrogens with zero attached hydrogens (tertiary/aromatic N) is 1. The number of fused-ring (bicyclic) bond motifs is 1. The van der Waals surface area contributed by atoms with Crippen LogP contribution in [0.25, 0.3) is 22.4 Å². The van der Waals surface area contributed by atoms with E-state index in [9.17, 15) is 0 Å². The fourth-order valence-corrected chi connectivity index (χ4v) is 2.05. The Bertz CT molecular complexity index is 712. The average molecular weight is 243 g/mol. The molecule has 92 valence electrons. The molecule has 0 aliphatic heterocycles. The molecule has 0 spiro atoms. The van der Waals surface area contributed by atoms with Gasteiger partial charge < -0.3 is 20.0 Å². The van der Waals surface area contributed by atoms with Crippen LogP contribution in [0.2, 0.25) is 0 Å². The molecule has 18 heavy (non-hydrogen) atoms. The molecule has 0 radical (unpaired) electrons. The second-order valence-corrected chi connectivity index (χ2v) is 4.16. The number of hydrogen-bond acceptors (Lipinski definition) is 4. The number of rotatable bonds is 2. The molecule has 0 aliphatic rings. The van der Waals surface area contributed by atoms with Gasteiger partial charge in [-0.15, -0.1) is 0 Å². The van der Waals surface area contributed by atoms with Crippen LogP contribution < -0.4 is 10.5 Å². The van der Waals surface area contributed by atoms with Gasteiger partial charge in [-0.25, -0.2) is 0 Å². The van der Waals surface area contributed by atoms with Crippen LogP contribution in [-0.4, -0.2) is 17.3 Å². The van der Waals surface area contributed by atoms with Gasteiger partial charge in [-0.1, -0.05) is 5.16 Å². The first-order chi connectivity index (χ1) is 8.69. The number of hydrogen-bond donors (Lipinski definition) is 2. The number of nitrogen functional groups attached to an aromatic ring is 1. The maximum atomic E-state index is 5.87. The van der Waals surface area contributed by atoms with Crippen molar-refractivity contribution in [1.29, 1.82) is 0 Å². The highest BCUT2D eigenvalue weighted by Crippen LogP contribution is 2.34. The molecule has 0 fully saturated rings. The minimum absolute atomic E-state index is 0.615. The topological polar surface area (TPSA) is 77.1 Å². The number of aromatic amines is 1. The van der Waals surface area contributed by atoms with Gasteiger partial charge >= 0.3 is 0 Å². The Kier molecular flexibility index (Phi) is 2.26. The second kappa shape index (κ2) is 3.80. The minimum atomic E-state index is 0.615. The first-order valence-electron chi connectivity index (χ1n) is 5.58. The van der Waals surface area contributed by atoms with Crippen LogP contribution in [0.15, 0.2) is 28.8 Å². The number of aryl methyl sites for hydroxylation is 1. The molecular weight excluding hydrogens is 230 g/mol. The van der Waals surface area contributed by atoms with E-state index in [1.165, 1.54) is 0 Å². The number of H-pyrrole nitrogens is 1. The number of aromatic nitrogens is 2. The minimum Gasteiger partial charge on any atom is -0.494 e. The zero-order chi connectivity index (χ0) is 12.7. The lowest BCUT2D eigenvalue weighted by Gasteiger charge is -2.04. The van der Waals surface area contributed by atoms with Crippen molar-refractivity contribution in [2.24, 2.45) is 0 Å². The smallest absolute Gasteiger partial charge is 0.183 e. The summed E-state index contributed by atoms with van der Waals surface area (Å²) in [6.45, 7) is 1.88. The molecule has 2 heterocycles. The SMILES string of the molecule is COc1c(N)ccc2[nH]c(-c3cc(C)no3)cc12. The molecule has 3 aromatic rings. The molecule has 2 aromatic heterocycles. The Morgan fingerprint density at radius 3 is 2.83 bits per heavy atom. The summed E-state index contributed by atoms with van der Waals surface area (Å²) in [5, 5.41) is 4.80. The van der Waals surface area contributed by atoms with E-state index in [2.05, 4.69) is 10.1 Å². The zero-order valence-corrected chi connectivity index (χ0v) is 10.2. The van der Waals surface area contributed by atoms with Crippen molar-refractivity contribution in [2.75, 3.05) is 12.8 Å². The molecule has 0 bridgehead atoms. The van der Waals surface area contributed by atoms with Crippen LogP contribution in [0, 0.1) is 6.92 Å². The number of anilines is 1. The molecule has 0 amide bonds. The van der Waals surface area contributed by atoms with Crippen molar-refractivity contribution in [3.63, 3.8) is 0 Å². The Morgan fingerprint density at radius 1 is 1.33 bits per heavy atom. The van der Waals surface area contributed by atoms with Gasteiger partial charge in [-0.05, 0) is 25.1 Å². The normalized spacial score (nSPS) is 11.0. The van der Waals surface area contributed by atoms with Crippen molar-refractivity contribution < 1.29 is 9.26 Å². The van der Waals surface area contributed by atoms with E-state index in [0.717, 1.165) is 22.3 Å². The summed E-state index contributed by atoms with van der Waals surface area (Å²) in [7, 11) is 1.61. The molecule has 5 nitrogen and oxygen atoms in total. The van der Waals surface area contributed by atoms with Crippen molar-refractivity contribution in [1.82, 2.24) is 10.1 Å². The predicted octanol–water partition coefficient (Wildman–Crippen LogP) is 2.72. The quantitative estimate of drug-likeness (QED) is 0.678. The van der Waals surface area contributed by atoms with Crippen LogP contribution in [-0.2, 0) is 0 Å². The van der Waals surface area contributed by atoms with Gasteiger partial charge in [0.05, 0.1) is 24.2 Å². The Hall–Kier alpha value is -2.43. The molecule has 3 N–H and O–H groups in total. The fraction of sp³-hybridized carbons (Fsp3) is 0.154. The number of nitrogens with two attached hydrogens (primary N) is 1. The molecule has 3 rings (SSSR count). The summed E-state index contributed by atoms with van der Waals surface area (Å²) >= 11 is 0. The fourth-order valence-electron chi connectivity index (χ4n) is 2.05. The van der Waals surface area contributed by atoms with Gasteiger partial charge in [0.15, 0.2) is 11.5 Å². The standard InChI is InChI=1S/C13H13N3O2/c1-7-5-12(18-16-7)11-6-8-10(15-11)4-3-9(14)13(8)17-2/h3-6,15H,14H2,1-2H3. The summed E-state index contributed by atoms with van der Waals surface area (Å²) < 4.78 is 10.6. The molecule has 1 aromatic carbocycles. The Labute approximate surface area is 104 Å². The molecule has 0 saturated heterocycles. The number of ether oxygens (including phenoxy) is 1. The van der Waals surface area contributed by atoms with Crippen molar-refractivity contribution in [3.8, 4) is 17.2 Å². The second-order valence-electron chi connectivity index (χ2n) is 4.16. The number of methoxy groups -OCH3 is 1. The monoisotopic (exact) mass is 243 g/mol. The molecular formula is C13H13N3O2. The van der Waals surface area contributed by atoms with Crippen LogP contribution in [0.5, 0.6) is 5.75 Å². The van der Waals surface area contributed by atoms with Crippen LogP contribution in [0.3, 0.4) is 0 Å². The third-order valence-corrected chi connectivity index (χ3v) is 2.88. The van der Waals surface area contributed by atoms with E-state index < -0.39 is 0 Å². The first kappa shape index (κ1) is 10.7. The van der Waals surface area contributed by atoms with Crippen molar-refractivity contribution in [3.05, 3.63) is 30.0 Å². The molecule has 0 unspecified atom stereocenters. The van der Waals surface area contributed by atoms with Crippen LogP contribution in [0.1, 0.15) is 5.69 Å². The van der Waals surface area contributed by atoms with Gasteiger partial charge in [0.2, 0.25) is 0 Å². The van der Waals surface area contributed by atoms with Crippen molar-refractivity contribution in [2.45, 2.75) is 6.92 Å². The van der Waals surface area contributed by atoms with Gasteiger partial charge in [0.1, 0.15) is 0 Å². The van der Waals surface area contributed by atoms with E-state index >= 15 is 0 Å². The Balaban J connectivity index is 2.22. The third-order valence-electron chi connectivity index (χ3n) is 2.88. The predicted molar refractivity (Wildman–Crippen MR) is 69.5 cm³/mol. The first-order valence-corrected chi connectivity index (χ1v) is 5.58. The number of benzene rings is 1.